The Labute approximate surface area is 176 Å². The van der Waals surface area contributed by atoms with Crippen LogP contribution in [-0.2, 0) is 17.6 Å². The SMILES string of the molecule is CCC(Sc1nc2c(cc1C#N)CCCCCC2)C(=O)Nc1ccc(OC)cc1. The van der Waals surface area contributed by atoms with E-state index in [-0.39, 0.29) is 11.2 Å². The predicted octanol–water partition coefficient (Wildman–Crippen LogP) is 5.13. The zero-order chi connectivity index (χ0) is 20.6. The minimum Gasteiger partial charge on any atom is -0.497 e. The van der Waals surface area contributed by atoms with Crippen molar-refractivity contribution in [1.82, 2.24) is 4.98 Å². The fraction of sp³-hybridized carbons (Fsp3) is 0.435. The van der Waals surface area contributed by atoms with Gasteiger partial charge in [-0.25, -0.2) is 4.98 Å². The Morgan fingerprint density at radius 1 is 1.24 bits per heavy atom. The molecule has 29 heavy (non-hydrogen) atoms. The van der Waals surface area contributed by atoms with Crippen molar-refractivity contribution in [3.63, 3.8) is 0 Å². The average molecular weight is 410 g/mol. The smallest absolute Gasteiger partial charge is 0.237 e. The molecule has 1 heterocycles. The van der Waals surface area contributed by atoms with E-state index < -0.39 is 0 Å². The molecule has 3 rings (SSSR count). The van der Waals surface area contributed by atoms with Gasteiger partial charge in [-0.2, -0.15) is 5.26 Å². The molecule has 1 aliphatic rings. The van der Waals surface area contributed by atoms with E-state index in [0.717, 1.165) is 42.8 Å². The maximum Gasteiger partial charge on any atom is 0.237 e. The Kier molecular flexibility index (Phi) is 7.54. The van der Waals surface area contributed by atoms with Crippen LogP contribution >= 0.6 is 11.8 Å². The number of ether oxygens (including phenoxy) is 1. The summed E-state index contributed by atoms with van der Waals surface area (Å²) in [5.74, 6) is 0.660. The van der Waals surface area contributed by atoms with Crippen molar-refractivity contribution < 1.29 is 9.53 Å². The summed E-state index contributed by atoms with van der Waals surface area (Å²) in [6.07, 6.45) is 7.32. The van der Waals surface area contributed by atoms with Crippen molar-refractivity contribution in [2.45, 2.75) is 62.1 Å². The van der Waals surface area contributed by atoms with Crippen LogP contribution in [0.1, 0.15) is 55.8 Å². The van der Waals surface area contributed by atoms with E-state index in [1.165, 1.54) is 30.2 Å². The van der Waals surface area contributed by atoms with Crippen LogP contribution in [-0.4, -0.2) is 23.3 Å². The summed E-state index contributed by atoms with van der Waals surface area (Å²) in [5.41, 5.74) is 3.59. The van der Waals surface area contributed by atoms with Crippen molar-refractivity contribution in [2.24, 2.45) is 0 Å². The molecule has 1 aromatic heterocycles. The van der Waals surface area contributed by atoms with Gasteiger partial charge in [-0.3, -0.25) is 4.79 Å². The number of carbonyl (C=O) groups excluding carboxylic acids is 1. The zero-order valence-corrected chi connectivity index (χ0v) is 17.8. The highest BCUT2D eigenvalue weighted by Gasteiger charge is 2.22. The molecular weight excluding hydrogens is 382 g/mol. The van der Waals surface area contributed by atoms with Gasteiger partial charge in [0.15, 0.2) is 0 Å². The third-order valence-electron chi connectivity index (χ3n) is 5.16. The van der Waals surface area contributed by atoms with Gasteiger partial charge in [0.25, 0.3) is 0 Å². The Balaban J connectivity index is 1.77. The van der Waals surface area contributed by atoms with Crippen LogP contribution in [0, 0.1) is 11.3 Å². The largest absolute Gasteiger partial charge is 0.497 e. The molecule has 1 unspecified atom stereocenters. The number of aryl methyl sites for hydroxylation is 2. The van der Waals surface area contributed by atoms with Crippen LogP contribution in [0.5, 0.6) is 5.75 Å². The van der Waals surface area contributed by atoms with Crippen molar-refractivity contribution in [1.29, 1.82) is 5.26 Å². The Hall–Kier alpha value is -2.52. The number of aromatic nitrogens is 1. The number of methoxy groups -OCH3 is 1. The monoisotopic (exact) mass is 409 g/mol. The number of benzene rings is 1. The number of nitrogens with one attached hydrogen (secondary N) is 1. The molecule has 152 valence electrons. The maximum absolute atomic E-state index is 12.8. The second-order valence-electron chi connectivity index (χ2n) is 7.21. The van der Waals surface area contributed by atoms with Crippen molar-refractivity contribution in [2.75, 3.05) is 12.4 Å². The number of pyridine rings is 1. The first-order valence-electron chi connectivity index (χ1n) is 10.2. The lowest BCUT2D eigenvalue weighted by Gasteiger charge is -2.18. The number of amides is 1. The molecule has 1 aromatic carbocycles. The van der Waals surface area contributed by atoms with E-state index in [4.69, 9.17) is 9.72 Å². The van der Waals surface area contributed by atoms with Crippen molar-refractivity contribution in [3.05, 3.63) is 47.2 Å². The highest BCUT2D eigenvalue weighted by molar-refractivity contribution is 8.00. The normalized spacial score (nSPS) is 14.7. The average Bonchev–Trinajstić information content (AvgIpc) is 2.73. The van der Waals surface area contributed by atoms with Gasteiger partial charge in [0.2, 0.25) is 5.91 Å². The van der Waals surface area contributed by atoms with E-state index in [0.29, 0.717) is 17.0 Å². The molecule has 1 N–H and O–H groups in total. The molecule has 0 radical (unpaired) electrons. The van der Waals surface area contributed by atoms with E-state index in [1.807, 2.05) is 37.3 Å². The molecule has 1 amide bonds. The summed E-state index contributed by atoms with van der Waals surface area (Å²) in [5, 5.41) is 12.9. The standard InChI is InChI=1S/C23H27N3O2S/c1-3-21(22(27)25-18-10-12-19(28-2)13-11-18)29-23-17(15-24)14-16-8-6-4-5-7-9-20(16)26-23/h10-14,21H,3-9H2,1-2H3,(H,25,27). The minimum absolute atomic E-state index is 0.0832. The summed E-state index contributed by atoms with van der Waals surface area (Å²) < 4.78 is 5.15. The summed E-state index contributed by atoms with van der Waals surface area (Å²) in [6.45, 7) is 1.98. The fourth-order valence-corrected chi connectivity index (χ4v) is 4.49. The van der Waals surface area contributed by atoms with Crippen LogP contribution < -0.4 is 10.1 Å². The highest BCUT2D eigenvalue weighted by atomic mass is 32.2. The molecule has 6 heteroatoms. The van der Waals surface area contributed by atoms with Crippen LogP contribution in [0.15, 0.2) is 35.4 Å². The fourth-order valence-electron chi connectivity index (χ4n) is 3.49. The number of fused-ring (bicyclic) bond motifs is 1. The molecule has 2 aromatic rings. The zero-order valence-electron chi connectivity index (χ0n) is 17.0. The minimum atomic E-state index is -0.316. The van der Waals surface area contributed by atoms with E-state index in [2.05, 4.69) is 11.4 Å². The topological polar surface area (TPSA) is 75.0 Å². The highest BCUT2D eigenvalue weighted by Crippen LogP contribution is 2.31. The summed E-state index contributed by atoms with van der Waals surface area (Å²) in [4.78, 5) is 17.6. The van der Waals surface area contributed by atoms with E-state index in [1.54, 1.807) is 7.11 Å². The predicted molar refractivity (Wildman–Crippen MR) is 116 cm³/mol. The number of anilines is 1. The molecule has 0 bridgehead atoms. The van der Waals surface area contributed by atoms with Gasteiger partial charge in [-0.05, 0) is 68.0 Å². The number of carbonyl (C=O) groups is 1. The van der Waals surface area contributed by atoms with Crippen LogP contribution in [0.4, 0.5) is 5.69 Å². The molecular formula is C23H27N3O2S. The number of hydrogen-bond acceptors (Lipinski definition) is 5. The molecule has 0 fully saturated rings. The number of nitrogens with zero attached hydrogens (tertiary/aromatic N) is 2. The quantitative estimate of drug-likeness (QED) is 0.670. The van der Waals surface area contributed by atoms with Gasteiger partial charge in [0.1, 0.15) is 16.8 Å². The van der Waals surface area contributed by atoms with E-state index in [9.17, 15) is 10.1 Å². The van der Waals surface area contributed by atoms with Crippen LogP contribution in [0.3, 0.4) is 0 Å². The summed E-state index contributed by atoms with van der Waals surface area (Å²) >= 11 is 1.39. The first kappa shape index (κ1) is 21.2. The van der Waals surface area contributed by atoms with Gasteiger partial charge in [0, 0.05) is 11.4 Å². The maximum atomic E-state index is 12.8. The molecule has 1 aliphatic carbocycles. The second-order valence-corrected chi connectivity index (χ2v) is 8.40. The molecule has 0 spiro atoms. The Morgan fingerprint density at radius 3 is 2.62 bits per heavy atom. The van der Waals surface area contributed by atoms with Crippen molar-refractivity contribution >= 4 is 23.4 Å². The third kappa shape index (κ3) is 5.51. The molecule has 0 saturated carbocycles. The first-order valence-corrected chi connectivity index (χ1v) is 11.1. The van der Waals surface area contributed by atoms with Gasteiger partial charge < -0.3 is 10.1 Å². The number of nitriles is 1. The molecule has 1 atom stereocenters. The summed E-state index contributed by atoms with van der Waals surface area (Å²) in [7, 11) is 1.61. The van der Waals surface area contributed by atoms with Gasteiger partial charge >= 0.3 is 0 Å². The van der Waals surface area contributed by atoms with Gasteiger partial charge in [-0.15, -0.1) is 0 Å². The number of thioether (sulfide) groups is 1. The van der Waals surface area contributed by atoms with Gasteiger partial charge in [-0.1, -0.05) is 31.5 Å². The third-order valence-corrected chi connectivity index (χ3v) is 6.53. The lowest BCUT2D eigenvalue weighted by Crippen LogP contribution is -2.25. The molecule has 5 nitrogen and oxygen atoms in total. The Bertz CT molecular complexity index is 890. The summed E-state index contributed by atoms with van der Waals surface area (Å²) in [6, 6.07) is 11.5. The second kappa shape index (κ2) is 10.3. The van der Waals surface area contributed by atoms with Crippen LogP contribution in [0.2, 0.25) is 0 Å². The van der Waals surface area contributed by atoms with Crippen LogP contribution in [0.25, 0.3) is 0 Å². The first-order chi connectivity index (χ1) is 14.1. The van der Waals surface area contributed by atoms with E-state index >= 15 is 0 Å². The number of rotatable bonds is 6. The lowest BCUT2D eigenvalue weighted by molar-refractivity contribution is -0.115. The Morgan fingerprint density at radius 2 is 1.97 bits per heavy atom. The van der Waals surface area contributed by atoms with Gasteiger partial charge in [0.05, 0.1) is 17.9 Å². The lowest BCUT2D eigenvalue weighted by atomic mass is 9.96. The van der Waals surface area contributed by atoms with Crippen molar-refractivity contribution in [3.8, 4) is 11.8 Å². The molecule has 0 saturated heterocycles. The molecule has 0 aliphatic heterocycles. The number of hydrogen-bond donors (Lipinski definition) is 1.